The predicted octanol–water partition coefficient (Wildman–Crippen LogP) is 3.47. The van der Waals surface area contributed by atoms with E-state index in [1.54, 1.807) is 26.0 Å². The van der Waals surface area contributed by atoms with Gasteiger partial charge >= 0.3 is 5.97 Å². The predicted molar refractivity (Wildman–Crippen MR) is 101 cm³/mol. The van der Waals surface area contributed by atoms with Crippen molar-refractivity contribution in [3.8, 4) is 5.75 Å². The summed E-state index contributed by atoms with van der Waals surface area (Å²) in [5, 5.41) is 3.26. The molecule has 0 radical (unpaired) electrons. The molecule has 4 aliphatic rings. The molecule has 1 aromatic carbocycles. The van der Waals surface area contributed by atoms with Crippen molar-refractivity contribution in [1.82, 2.24) is 5.32 Å². The lowest BCUT2D eigenvalue weighted by Crippen LogP contribution is -2.61. The van der Waals surface area contributed by atoms with Gasteiger partial charge in [-0.05, 0) is 82.3 Å². The molecule has 0 unspecified atom stereocenters. The monoisotopic (exact) mass is 371 g/mol. The Morgan fingerprint density at radius 2 is 1.52 bits per heavy atom. The molecule has 4 bridgehead atoms. The second kappa shape index (κ2) is 7.17. The Labute approximate surface area is 160 Å². The largest absolute Gasteiger partial charge is 0.479 e. The quantitative estimate of drug-likeness (QED) is 0.778. The highest BCUT2D eigenvalue weighted by atomic mass is 16.6. The van der Waals surface area contributed by atoms with Crippen molar-refractivity contribution in [2.75, 3.05) is 0 Å². The summed E-state index contributed by atoms with van der Waals surface area (Å²) in [5.41, 5.74) is -0.0708. The summed E-state index contributed by atoms with van der Waals surface area (Å²) in [5.74, 6) is 2.17. The molecule has 0 saturated heterocycles. The van der Waals surface area contributed by atoms with Crippen molar-refractivity contribution in [2.45, 2.75) is 70.1 Å². The van der Waals surface area contributed by atoms with E-state index in [1.165, 1.54) is 19.3 Å². The number of ether oxygens (including phenoxy) is 2. The maximum atomic E-state index is 12.7. The molecule has 0 aromatic heterocycles. The Hall–Kier alpha value is -2.04. The lowest BCUT2D eigenvalue weighted by molar-refractivity contribution is -0.162. The van der Waals surface area contributed by atoms with E-state index in [4.69, 9.17) is 9.47 Å². The van der Waals surface area contributed by atoms with Gasteiger partial charge in [0.05, 0.1) is 0 Å². The summed E-state index contributed by atoms with van der Waals surface area (Å²) in [6.07, 6.45) is 5.65. The summed E-state index contributed by atoms with van der Waals surface area (Å²) in [4.78, 5) is 25.0. The lowest BCUT2D eigenvalue weighted by atomic mass is 9.53. The van der Waals surface area contributed by atoms with Crippen LogP contribution in [0.5, 0.6) is 5.75 Å². The zero-order valence-electron chi connectivity index (χ0n) is 16.1. The van der Waals surface area contributed by atoms with Crippen molar-refractivity contribution in [3.63, 3.8) is 0 Å². The first-order chi connectivity index (χ1) is 12.9. The highest BCUT2D eigenvalue weighted by molar-refractivity contribution is 5.85. The highest BCUT2D eigenvalue weighted by Crippen LogP contribution is 2.55. The van der Waals surface area contributed by atoms with Gasteiger partial charge in [0.15, 0.2) is 12.2 Å². The van der Waals surface area contributed by atoms with Gasteiger partial charge in [0.2, 0.25) is 0 Å². The van der Waals surface area contributed by atoms with E-state index in [9.17, 15) is 9.59 Å². The lowest BCUT2D eigenvalue weighted by Gasteiger charge is -2.57. The Morgan fingerprint density at radius 1 is 0.963 bits per heavy atom. The van der Waals surface area contributed by atoms with Crippen LogP contribution in [-0.2, 0) is 14.3 Å². The van der Waals surface area contributed by atoms with E-state index in [-0.39, 0.29) is 11.4 Å². The summed E-state index contributed by atoms with van der Waals surface area (Å²) < 4.78 is 11.0. The third kappa shape index (κ3) is 3.97. The van der Waals surface area contributed by atoms with Gasteiger partial charge in [-0.1, -0.05) is 18.2 Å². The minimum Gasteiger partial charge on any atom is -0.479 e. The van der Waals surface area contributed by atoms with E-state index in [1.807, 2.05) is 18.2 Å². The molecular weight excluding hydrogens is 342 g/mol. The van der Waals surface area contributed by atoms with Crippen molar-refractivity contribution in [3.05, 3.63) is 30.3 Å². The molecule has 1 aromatic rings. The Morgan fingerprint density at radius 3 is 2.07 bits per heavy atom. The van der Waals surface area contributed by atoms with Gasteiger partial charge in [-0.15, -0.1) is 0 Å². The number of carbonyl (C=O) groups excluding carboxylic acids is 2. The van der Waals surface area contributed by atoms with Crippen LogP contribution < -0.4 is 10.1 Å². The van der Waals surface area contributed by atoms with Gasteiger partial charge in [0, 0.05) is 5.54 Å². The van der Waals surface area contributed by atoms with Crippen LogP contribution in [0.1, 0.15) is 52.4 Å². The number of benzene rings is 1. The molecule has 4 fully saturated rings. The third-order valence-corrected chi connectivity index (χ3v) is 6.48. The first-order valence-electron chi connectivity index (χ1n) is 10.2. The van der Waals surface area contributed by atoms with Gasteiger partial charge in [-0.3, -0.25) is 4.79 Å². The average molecular weight is 371 g/mol. The number of esters is 1. The normalized spacial score (nSPS) is 33.2. The number of carbonyl (C=O) groups is 2. The molecular formula is C22H29NO4. The van der Waals surface area contributed by atoms with Crippen LogP contribution in [-0.4, -0.2) is 29.6 Å². The SMILES string of the molecule is C[C@H](OC(=O)[C@@H](C)Oc1ccccc1)C(=O)NC12CC3CC(CC(C3)C1)C2. The summed E-state index contributed by atoms with van der Waals surface area (Å²) >= 11 is 0. The number of amides is 1. The molecule has 146 valence electrons. The highest BCUT2D eigenvalue weighted by Gasteiger charge is 2.51. The van der Waals surface area contributed by atoms with Crippen molar-refractivity contribution >= 4 is 11.9 Å². The number of hydrogen-bond donors (Lipinski definition) is 1. The average Bonchev–Trinajstić information content (AvgIpc) is 2.60. The molecule has 5 nitrogen and oxygen atoms in total. The standard InChI is InChI=1S/C22H29NO4/c1-14(27-21(25)15(2)26-19-6-4-3-5-7-19)20(24)23-22-11-16-8-17(12-22)10-18(9-16)13-22/h3-7,14-18H,8-13H2,1-2H3,(H,23,24)/t14-,15+,16?,17?,18?,22?/m0/s1. The van der Waals surface area contributed by atoms with E-state index in [0.29, 0.717) is 5.75 Å². The smallest absolute Gasteiger partial charge is 0.347 e. The summed E-state index contributed by atoms with van der Waals surface area (Å²) in [7, 11) is 0. The van der Waals surface area contributed by atoms with Gasteiger partial charge < -0.3 is 14.8 Å². The molecule has 2 atom stereocenters. The number of nitrogens with one attached hydrogen (secondary N) is 1. The zero-order chi connectivity index (χ0) is 19.0. The van der Waals surface area contributed by atoms with Crippen molar-refractivity contribution < 1.29 is 19.1 Å². The van der Waals surface area contributed by atoms with Gasteiger partial charge in [-0.2, -0.15) is 0 Å². The molecule has 5 rings (SSSR count). The fourth-order valence-electron chi connectivity index (χ4n) is 5.70. The number of para-hydroxylation sites is 1. The van der Waals surface area contributed by atoms with Crippen LogP contribution in [0.15, 0.2) is 30.3 Å². The van der Waals surface area contributed by atoms with E-state index in [2.05, 4.69) is 5.32 Å². The number of hydrogen-bond acceptors (Lipinski definition) is 4. The van der Waals surface area contributed by atoms with Crippen LogP contribution >= 0.6 is 0 Å². The molecule has 4 aliphatic carbocycles. The van der Waals surface area contributed by atoms with Crippen LogP contribution in [0.25, 0.3) is 0 Å². The van der Waals surface area contributed by atoms with Crippen molar-refractivity contribution in [1.29, 1.82) is 0 Å². The van der Waals surface area contributed by atoms with Crippen LogP contribution in [0.3, 0.4) is 0 Å². The minimum absolute atomic E-state index is 0.0708. The third-order valence-electron chi connectivity index (χ3n) is 6.48. The first kappa shape index (κ1) is 18.3. The minimum atomic E-state index is -0.813. The first-order valence-corrected chi connectivity index (χ1v) is 10.2. The molecule has 4 saturated carbocycles. The van der Waals surface area contributed by atoms with Crippen LogP contribution in [0, 0.1) is 17.8 Å². The van der Waals surface area contributed by atoms with Gasteiger partial charge in [0.1, 0.15) is 5.75 Å². The van der Waals surface area contributed by atoms with E-state index < -0.39 is 18.2 Å². The molecule has 0 aliphatic heterocycles. The molecule has 1 amide bonds. The Balaban J connectivity index is 1.31. The molecule has 1 N–H and O–H groups in total. The Bertz CT molecular complexity index is 666. The second-order valence-corrected chi connectivity index (χ2v) is 8.84. The number of rotatable bonds is 6. The maximum absolute atomic E-state index is 12.7. The van der Waals surface area contributed by atoms with E-state index in [0.717, 1.165) is 37.0 Å². The fourth-order valence-corrected chi connectivity index (χ4v) is 5.70. The summed E-state index contributed by atoms with van der Waals surface area (Å²) in [6.45, 7) is 3.28. The molecule has 5 heteroatoms. The molecule has 0 spiro atoms. The maximum Gasteiger partial charge on any atom is 0.347 e. The zero-order valence-corrected chi connectivity index (χ0v) is 16.1. The molecule has 0 heterocycles. The summed E-state index contributed by atoms with van der Waals surface area (Å²) in [6, 6.07) is 9.14. The topological polar surface area (TPSA) is 64.6 Å². The van der Waals surface area contributed by atoms with Crippen molar-refractivity contribution in [2.24, 2.45) is 17.8 Å². The molecule has 27 heavy (non-hydrogen) atoms. The van der Waals surface area contributed by atoms with Crippen LogP contribution in [0.4, 0.5) is 0 Å². The van der Waals surface area contributed by atoms with Gasteiger partial charge in [0.25, 0.3) is 5.91 Å². The Kier molecular flexibility index (Phi) is 4.87. The fraction of sp³-hybridized carbons (Fsp3) is 0.636. The van der Waals surface area contributed by atoms with Gasteiger partial charge in [-0.25, -0.2) is 4.79 Å². The van der Waals surface area contributed by atoms with E-state index >= 15 is 0 Å². The van der Waals surface area contributed by atoms with Crippen LogP contribution in [0.2, 0.25) is 0 Å². The second-order valence-electron chi connectivity index (χ2n) is 8.84.